The van der Waals surface area contributed by atoms with Gasteiger partial charge in [0.25, 0.3) is 0 Å². The van der Waals surface area contributed by atoms with Gasteiger partial charge >= 0.3 is 0 Å². The van der Waals surface area contributed by atoms with E-state index in [1.54, 1.807) is 0 Å². The van der Waals surface area contributed by atoms with Crippen LogP contribution in [-0.2, 0) is 0 Å². The Bertz CT molecular complexity index is 3180. The Labute approximate surface area is 328 Å². The van der Waals surface area contributed by atoms with Gasteiger partial charge in [-0.1, -0.05) is 159 Å². The zero-order valence-corrected chi connectivity index (χ0v) is 33.0. The predicted molar refractivity (Wildman–Crippen MR) is 248 cm³/mol. The summed E-state index contributed by atoms with van der Waals surface area (Å²) in [6.45, 7) is 13.1. The van der Waals surface area contributed by atoms with Crippen molar-refractivity contribution in [3.8, 4) is 22.3 Å². The monoisotopic (exact) mass is 716 g/mol. The van der Waals surface area contributed by atoms with Crippen LogP contribution in [0.5, 0.6) is 0 Å². The fourth-order valence-electron chi connectivity index (χ4n) is 9.76. The van der Waals surface area contributed by atoms with Crippen LogP contribution in [0.25, 0.3) is 108 Å². The topological polar surface area (TPSA) is 0 Å². The van der Waals surface area contributed by atoms with E-state index in [0.717, 1.165) is 0 Å². The Morgan fingerprint density at radius 1 is 0.250 bits per heavy atom. The van der Waals surface area contributed by atoms with Crippen molar-refractivity contribution >= 4 is 86.2 Å². The molecule has 56 heavy (non-hydrogen) atoms. The Morgan fingerprint density at radius 3 is 0.946 bits per heavy atom. The predicted octanol–water partition coefficient (Wildman–Crippen LogP) is 16.5. The van der Waals surface area contributed by atoms with Crippen LogP contribution in [0, 0.1) is 27.7 Å². The van der Waals surface area contributed by atoms with Gasteiger partial charge in [-0.05, 0) is 171 Å². The lowest BCUT2D eigenvalue weighted by Gasteiger charge is -2.22. The molecule has 0 radical (unpaired) electrons. The van der Waals surface area contributed by atoms with Crippen molar-refractivity contribution in [2.45, 2.75) is 41.5 Å². The number of aryl methyl sites for hydroxylation is 4. The Kier molecular flexibility index (Phi) is 7.94. The number of hydrogen-bond acceptors (Lipinski definition) is 0. The number of fused-ring (bicyclic) bond motifs is 12. The summed E-state index contributed by atoms with van der Waals surface area (Å²) < 4.78 is 0. The van der Waals surface area contributed by atoms with Crippen molar-refractivity contribution in [2.24, 2.45) is 0 Å². The first-order valence-corrected chi connectivity index (χ1v) is 20.1. The van der Waals surface area contributed by atoms with Gasteiger partial charge in [0.1, 0.15) is 0 Å². The highest BCUT2D eigenvalue weighted by atomic mass is 14.2. The zero-order chi connectivity index (χ0) is 38.2. The Hall–Kier alpha value is -6.50. The van der Waals surface area contributed by atoms with Gasteiger partial charge in [0, 0.05) is 0 Å². The van der Waals surface area contributed by atoms with E-state index in [1.165, 1.54) is 131 Å². The molecule has 11 rings (SSSR count). The molecule has 0 fully saturated rings. The molecule has 0 atom stereocenters. The first kappa shape index (κ1) is 34.0. The fraction of sp³-hybridized carbons (Fsp3) is 0.107. The number of rotatable bonds is 2. The van der Waals surface area contributed by atoms with Crippen LogP contribution in [0.1, 0.15) is 36.1 Å². The maximum atomic E-state index is 2.47. The van der Waals surface area contributed by atoms with Gasteiger partial charge < -0.3 is 0 Å². The van der Waals surface area contributed by atoms with Gasteiger partial charge in [0.15, 0.2) is 0 Å². The van der Waals surface area contributed by atoms with E-state index < -0.39 is 0 Å². The van der Waals surface area contributed by atoms with E-state index in [0.29, 0.717) is 0 Å². The van der Waals surface area contributed by atoms with Crippen molar-refractivity contribution in [2.75, 3.05) is 0 Å². The first-order chi connectivity index (χ1) is 27.5. The largest absolute Gasteiger partial charge is 0.0683 e. The van der Waals surface area contributed by atoms with Crippen LogP contribution in [0.2, 0.25) is 0 Å². The normalized spacial score (nSPS) is 11.8. The molecule has 0 heteroatoms. The van der Waals surface area contributed by atoms with Gasteiger partial charge in [-0.3, -0.25) is 0 Å². The molecule has 0 aliphatic rings. The molecule has 11 aromatic carbocycles. The lowest BCUT2D eigenvalue weighted by Crippen LogP contribution is -1.95. The summed E-state index contributed by atoms with van der Waals surface area (Å²) >= 11 is 0. The van der Waals surface area contributed by atoms with Crippen LogP contribution >= 0.6 is 0 Å². The van der Waals surface area contributed by atoms with Crippen molar-refractivity contribution in [1.29, 1.82) is 0 Å². The van der Waals surface area contributed by atoms with Gasteiger partial charge in [-0.15, -0.1) is 0 Å². The molecule has 0 amide bonds. The SMILES string of the molecule is CC.Cc1c(C)c2ccc(-c3c4ccc5ccccc5c4c(-c4ccc5c(C)c(C)c6ccccc6c5c4)c4ccc5ccccc5c34)cc2c2ccccc12. The van der Waals surface area contributed by atoms with E-state index >= 15 is 0 Å². The van der Waals surface area contributed by atoms with E-state index in [4.69, 9.17) is 0 Å². The van der Waals surface area contributed by atoms with Crippen molar-refractivity contribution < 1.29 is 0 Å². The molecule has 0 N–H and O–H groups in total. The minimum atomic E-state index is 1.25. The van der Waals surface area contributed by atoms with E-state index in [-0.39, 0.29) is 0 Å². The molecule has 0 nitrogen and oxygen atoms in total. The third-order valence-electron chi connectivity index (χ3n) is 12.7. The van der Waals surface area contributed by atoms with Gasteiger partial charge in [-0.2, -0.15) is 0 Å². The second kappa shape index (κ2) is 13.1. The standard InChI is InChI=1S/C54H38.C2H6/c1-31-33(3)41-25-23-37(29-49(41)45-19-11-9-15-39(31)45)51-47-27-21-36-14-6-8-18-44(36)54(47)52(48-28-22-35-13-5-7-17-43(35)53(48)51)38-24-26-42-34(4)32(2)40-16-10-12-20-46(40)50(42)30-38;1-2/h5-30H,1-4H3;1-2H3. The highest BCUT2D eigenvalue weighted by Crippen LogP contribution is 2.50. The molecule has 0 aliphatic heterocycles. The summed E-state index contributed by atoms with van der Waals surface area (Å²) in [7, 11) is 0. The second-order valence-corrected chi connectivity index (χ2v) is 15.3. The summed E-state index contributed by atoms with van der Waals surface area (Å²) in [5.74, 6) is 0. The minimum Gasteiger partial charge on any atom is -0.0683 e. The highest BCUT2D eigenvalue weighted by Gasteiger charge is 2.22. The average Bonchev–Trinajstić information content (AvgIpc) is 3.26. The molecule has 0 spiro atoms. The molecule has 268 valence electrons. The van der Waals surface area contributed by atoms with Crippen molar-refractivity contribution in [1.82, 2.24) is 0 Å². The average molecular weight is 717 g/mol. The van der Waals surface area contributed by atoms with E-state index in [2.05, 4.69) is 185 Å². The molecule has 0 bridgehead atoms. The molecule has 0 aromatic heterocycles. The Morgan fingerprint density at radius 2 is 0.554 bits per heavy atom. The lowest BCUT2D eigenvalue weighted by molar-refractivity contribution is 1.41. The quantitative estimate of drug-likeness (QED) is 0.123. The summed E-state index contributed by atoms with van der Waals surface area (Å²) in [6.07, 6.45) is 0. The third-order valence-corrected chi connectivity index (χ3v) is 12.7. The van der Waals surface area contributed by atoms with Crippen LogP contribution in [0.4, 0.5) is 0 Å². The summed E-state index contributed by atoms with van der Waals surface area (Å²) in [4.78, 5) is 0. The van der Waals surface area contributed by atoms with Crippen molar-refractivity contribution in [3.05, 3.63) is 180 Å². The van der Waals surface area contributed by atoms with Crippen LogP contribution in [0.15, 0.2) is 158 Å². The van der Waals surface area contributed by atoms with Crippen LogP contribution < -0.4 is 0 Å². The molecular formula is C56H44. The van der Waals surface area contributed by atoms with Gasteiger partial charge in [-0.25, -0.2) is 0 Å². The maximum Gasteiger partial charge on any atom is -0.00141 e. The fourth-order valence-corrected chi connectivity index (χ4v) is 9.76. The molecule has 0 saturated carbocycles. The summed E-state index contributed by atoms with van der Waals surface area (Å²) in [5, 5.41) is 20.8. The van der Waals surface area contributed by atoms with Gasteiger partial charge in [0.2, 0.25) is 0 Å². The van der Waals surface area contributed by atoms with Crippen molar-refractivity contribution in [3.63, 3.8) is 0 Å². The number of hydrogen-bond donors (Lipinski definition) is 0. The van der Waals surface area contributed by atoms with Crippen LogP contribution in [-0.4, -0.2) is 0 Å². The highest BCUT2D eigenvalue weighted by molar-refractivity contribution is 6.33. The molecule has 0 heterocycles. The summed E-state index contributed by atoms with van der Waals surface area (Å²) in [5.41, 5.74) is 10.5. The molecular weight excluding hydrogens is 673 g/mol. The Balaban J connectivity index is 0.00000189. The third kappa shape index (κ3) is 4.85. The van der Waals surface area contributed by atoms with E-state index in [1.807, 2.05) is 13.8 Å². The molecule has 0 aliphatic carbocycles. The summed E-state index contributed by atoms with van der Waals surface area (Å²) in [6, 6.07) is 59.6. The lowest BCUT2D eigenvalue weighted by atomic mass is 9.81. The zero-order valence-electron chi connectivity index (χ0n) is 33.0. The van der Waals surface area contributed by atoms with Crippen LogP contribution in [0.3, 0.4) is 0 Å². The maximum absolute atomic E-state index is 2.47. The smallest absolute Gasteiger partial charge is 0.00141 e. The number of benzene rings is 11. The minimum absolute atomic E-state index is 1.25. The molecule has 0 unspecified atom stereocenters. The van der Waals surface area contributed by atoms with E-state index in [9.17, 15) is 0 Å². The molecule has 11 aromatic rings. The molecule has 0 saturated heterocycles. The second-order valence-electron chi connectivity index (χ2n) is 15.3. The first-order valence-electron chi connectivity index (χ1n) is 20.1. The van der Waals surface area contributed by atoms with Gasteiger partial charge in [0.05, 0.1) is 0 Å².